The average molecular weight is 372 g/mol. The number of ether oxygens (including phenoxy) is 2. The first-order valence-electron chi connectivity index (χ1n) is 8.53. The van der Waals surface area contributed by atoms with Crippen LogP contribution in [0.5, 0.6) is 5.75 Å². The molecule has 1 N–H and O–H groups in total. The van der Waals surface area contributed by atoms with Gasteiger partial charge < -0.3 is 19.7 Å². The Morgan fingerprint density at radius 2 is 2.07 bits per heavy atom. The summed E-state index contributed by atoms with van der Waals surface area (Å²) in [6.07, 6.45) is -1.00. The van der Waals surface area contributed by atoms with Crippen molar-refractivity contribution in [3.05, 3.63) is 65.5 Å². The van der Waals surface area contributed by atoms with Crippen LogP contribution in [-0.4, -0.2) is 43.6 Å². The molecule has 0 aliphatic carbocycles. The van der Waals surface area contributed by atoms with Gasteiger partial charge >= 0.3 is 0 Å². The number of morpholine rings is 1. The fourth-order valence-electron chi connectivity index (χ4n) is 3.09. The third-order valence-corrected chi connectivity index (χ3v) is 4.57. The van der Waals surface area contributed by atoms with Crippen LogP contribution < -0.4 is 10.1 Å². The van der Waals surface area contributed by atoms with Crippen molar-refractivity contribution in [1.29, 1.82) is 0 Å². The van der Waals surface area contributed by atoms with Gasteiger partial charge in [-0.25, -0.2) is 4.39 Å². The quantitative estimate of drug-likeness (QED) is 0.872. The maximum atomic E-state index is 14.3. The molecule has 1 saturated heterocycles. The van der Waals surface area contributed by atoms with E-state index in [0.29, 0.717) is 5.75 Å². The molecule has 1 fully saturated rings. The van der Waals surface area contributed by atoms with Crippen LogP contribution in [0, 0.1) is 5.82 Å². The molecular weight excluding hydrogens is 351 g/mol. The molecule has 142 valence electrons. The summed E-state index contributed by atoms with van der Waals surface area (Å²) in [6.45, 7) is 0.0379. The summed E-state index contributed by atoms with van der Waals surface area (Å²) in [7, 11) is 3.11. The summed E-state index contributed by atoms with van der Waals surface area (Å²) in [5, 5.41) is 2.79. The zero-order valence-electron chi connectivity index (χ0n) is 15.1. The summed E-state index contributed by atoms with van der Waals surface area (Å²) in [5.41, 5.74) is 1.10. The van der Waals surface area contributed by atoms with E-state index in [2.05, 4.69) is 5.32 Å². The van der Waals surface area contributed by atoms with Gasteiger partial charge in [0.1, 0.15) is 18.2 Å². The van der Waals surface area contributed by atoms with Crippen molar-refractivity contribution < 1.29 is 23.5 Å². The second kappa shape index (κ2) is 8.18. The van der Waals surface area contributed by atoms with E-state index in [1.54, 1.807) is 32.4 Å². The van der Waals surface area contributed by atoms with Crippen molar-refractivity contribution >= 4 is 11.8 Å². The number of benzene rings is 2. The van der Waals surface area contributed by atoms with Gasteiger partial charge in [0.15, 0.2) is 6.10 Å². The largest absolute Gasteiger partial charge is 0.497 e. The van der Waals surface area contributed by atoms with E-state index in [1.165, 1.54) is 11.0 Å². The number of rotatable bonds is 5. The van der Waals surface area contributed by atoms with Crippen LogP contribution in [0.4, 0.5) is 4.39 Å². The number of hydrogen-bond acceptors (Lipinski definition) is 4. The smallest absolute Gasteiger partial charge is 0.251 e. The summed E-state index contributed by atoms with van der Waals surface area (Å²) in [4.78, 5) is 26.1. The molecule has 0 saturated carbocycles. The predicted octanol–water partition coefficient (Wildman–Crippen LogP) is 2.05. The van der Waals surface area contributed by atoms with E-state index < -0.39 is 23.9 Å². The predicted molar refractivity (Wildman–Crippen MR) is 96.5 cm³/mol. The van der Waals surface area contributed by atoms with Crippen LogP contribution in [-0.2, 0) is 20.9 Å². The minimum Gasteiger partial charge on any atom is -0.497 e. The van der Waals surface area contributed by atoms with Crippen molar-refractivity contribution in [1.82, 2.24) is 10.2 Å². The molecule has 1 heterocycles. The molecule has 0 bridgehead atoms. The van der Waals surface area contributed by atoms with E-state index in [4.69, 9.17) is 9.47 Å². The van der Waals surface area contributed by atoms with Crippen LogP contribution in [0.25, 0.3) is 0 Å². The normalized spacial score (nSPS) is 19.7. The van der Waals surface area contributed by atoms with Crippen LogP contribution in [0.3, 0.4) is 0 Å². The number of nitrogens with one attached hydrogen (secondary N) is 1. The van der Waals surface area contributed by atoms with Crippen LogP contribution in [0.1, 0.15) is 17.2 Å². The maximum Gasteiger partial charge on any atom is 0.251 e. The standard InChI is InChI=1S/C20H21FN2O4/c1-23-17(24)12-27-19(18(23)15-8-3-4-9-16(15)21)20(25)22-11-13-6-5-7-14(10-13)26-2/h3-10,18-19H,11-12H2,1-2H3,(H,22,25)/t18-,19-/m1/s1. The highest BCUT2D eigenvalue weighted by atomic mass is 19.1. The highest BCUT2D eigenvalue weighted by molar-refractivity contribution is 5.86. The lowest BCUT2D eigenvalue weighted by Crippen LogP contribution is -2.53. The van der Waals surface area contributed by atoms with Gasteiger partial charge in [0, 0.05) is 19.2 Å². The number of halogens is 1. The second-order valence-electron chi connectivity index (χ2n) is 6.27. The van der Waals surface area contributed by atoms with Crippen LogP contribution in [0.2, 0.25) is 0 Å². The van der Waals surface area contributed by atoms with Gasteiger partial charge in [-0.05, 0) is 23.8 Å². The van der Waals surface area contributed by atoms with E-state index in [9.17, 15) is 14.0 Å². The molecule has 0 unspecified atom stereocenters. The third-order valence-electron chi connectivity index (χ3n) is 4.57. The van der Waals surface area contributed by atoms with Gasteiger partial charge in [-0.1, -0.05) is 30.3 Å². The van der Waals surface area contributed by atoms with E-state index in [0.717, 1.165) is 5.56 Å². The molecule has 0 spiro atoms. The molecule has 2 aromatic carbocycles. The second-order valence-corrected chi connectivity index (χ2v) is 6.27. The Morgan fingerprint density at radius 1 is 1.30 bits per heavy atom. The topological polar surface area (TPSA) is 67.9 Å². The van der Waals surface area contributed by atoms with Gasteiger partial charge in [0.25, 0.3) is 5.91 Å². The van der Waals surface area contributed by atoms with Gasteiger partial charge in [-0.2, -0.15) is 0 Å². The molecule has 2 amide bonds. The highest BCUT2D eigenvalue weighted by Crippen LogP contribution is 2.30. The number of methoxy groups -OCH3 is 1. The van der Waals surface area contributed by atoms with E-state index in [-0.39, 0.29) is 24.6 Å². The van der Waals surface area contributed by atoms with Crippen molar-refractivity contribution in [2.24, 2.45) is 0 Å². The van der Waals surface area contributed by atoms with Crippen molar-refractivity contribution in [3.63, 3.8) is 0 Å². The third kappa shape index (κ3) is 4.09. The Labute approximate surface area is 156 Å². The molecule has 1 aliphatic heterocycles. The zero-order chi connectivity index (χ0) is 19.4. The number of carbonyl (C=O) groups is 2. The number of nitrogens with zero attached hydrogens (tertiary/aromatic N) is 1. The van der Waals surface area contributed by atoms with Gasteiger partial charge in [0.2, 0.25) is 5.91 Å². The number of amides is 2. The summed E-state index contributed by atoms with van der Waals surface area (Å²) >= 11 is 0. The first-order valence-corrected chi connectivity index (χ1v) is 8.53. The van der Waals surface area contributed by atoms with Crippen LogP contribution >= 0.6 is 0 Å². The fourth-order valence-corrected chi connectivity index (χ4v) is 3.09. The minimum atomic E-state index is -1.00. The number of hydrogen-bond donors (Lipinski definition) is 1. The SMILES string of the molecule is COc1cccc(CNC(=O)[C@@H]2OCC(=O)N(C)[C@@H]2c2ccccc2F)c1. The molecule has 6 nitrogen and oxygen atoms in total. The van der Waals surface area contributed by atoms with Crippen LogP contribution in [0.15, 0.2) is 48.5 Å². The lowest BCUT2D eigenvalue weighted by atomic mass is 9.97. The Hall–Kier alpha value is -2.93. The van der Waals surface area contributed by atoms with Crippen molar-refractivity contribution in [2.45, 2.75) is 18.7 Å². The van der Waals surface area contributed by atoms with Gasteiger partial charge in [0.05, 0.1) is 13.2 Å². The zero-order valence-corrected chi connectivity index (χ0v) is 15.1. The Bertz CT molecular complexity index is 842. The molecule has 27 heavy (non-hydrogen) atoms. The molecule has 1 aliphatic rings. The molecule has 2 atom stereocenters. The summed E-state index contributed by atoms with van der Waals surface area (Å²) in [5.74, 6) is -0.519. The molecule has 7 heteroatoms. The molecule has 2 aromatic rings. The Kier molecular flexibility index (Phi) is 5.71. The molecule has 3 rings (SSSR count). The average Bonchev–Trinajstić information content (AvgIpc) is 2.69. The molecule has 0 radical (unpaired) electrons. The first-order chi connectivity index (χ1) is 13.0. The van der Waals surface area contributed by atoms with E-state index >= 15 is 0 Å². The first kappa shape index (κ1) is 18.8. The highest BCUT2D eigenvalue weighted by Gasteiger charge is 2.41. The Balaban J connectivity index is 1.78. The maximum absolute atomic E-state index is 14.3. The van der Waals surface area contributed by atoms with Gasteiger partial charge in [-0.3, -0.25) is 9.59 Å². The number of likely N-dealkylation sites (N-methyl/N-ethyl adjacent to an activating group) is 1. The molecule has 0 aromatic heterocycles. The van der Waals surface area contributed by atoms with Crippen molar-refractivity contribution in [2.75, 3.05) is 20.8 Å². The molecular formula is C20H21FN2O4. The monoisotopic (exact) mass is 372 g/mol. The van der Waals surface area contributed by atoms with Gasteiger partial charge in [-0.15, -0.1) is 0 Å². The summed E-state index contributed by atoms with van der Waals surface area (Å²) in [6, 6.07) is 12.5. The Morgan fingerprint density at radius 3 is 2.81 bits per heavy atom. The minimum absolute atomic E-state index is 0.224. The number of carbonyl (C=O) groups excluding carboxylic acids is 2. The lowest BCUT2D eigenvalue weighted by Gasteiger charge is -2.38. The van der Waals surface area contributed by atoms with E-state index in [1.807, 2.05) is 24.3 Å². The summed E-state index contributed by atoms with van der Waals surface area (Å²) < 4.78 is 25.0. The fraction of sp³-hybridized carbons (Fsp3) is 0.300. The van der Waals surface area contributed by atoms with Crippen molar-refractivity contribution in [3.8, 4) is 5.75 Å². The lowest BCUT2D eigenvalue weighted by molar-refractivity contribution is -0.162.